The standard InChI is InChI=1S/C7H2F9O/c1-3(2-17)4(8,9)5(10,11)6(12,13)7(14,15)16/h1H2. The summed E-state index contributed by atoms with van der Waals surface area (Å²) < 4.78 is 109. The van der Waals surface area contributed by atoms with Crippen molar-refractivity contribution in [3.8, 4) is 0 Å². The molecule has 0 unspecified atom stereocenters. The van der Waals surface area contributed by atoms with Crippen molar-refractivity contribution in [2.45, 2.75) is 23.9 Å². The zero-order valence-corrected chi connectivity index (χ0v) is 7.52. The first-order chi connectivity index (χ1) is 7.23. The van der Waals surface area contributed by atoms with Crippen molar-refractivity contribution in [2.75, 3.05) is 0 Å². The molecule has 0 aliphatic carbocycles. The molecule has 0 aliphatic rings. The van der Waals surface area contributed by atoms with Gasteiger partial charge < -0.3 is 0 Å². The lowest BCUT2D eigenvalue weighted by molar-refractivity contribution is -0.389. The number of allylic oxidation sites excluding steroid dienone is 1. The molecule has 0 spiro atoms. The number of hydrogen-bond donors (Lipinski definition) is 0. The molecule has 0 saturated carbocycles. The van der Waals surface area contributed by atoms with E-state index in [0.29, 0.717) is 0 Å². The Morgan fingerprint density at radius 1 is 0.824 bits per heavy atom. The minimum absolute atomic E-state index is 0.0597. The summed E-state index contributed by atoms with van der Waals surface area (Å²) >= 11 is 0. The van der Waals surface area contributed by atoms with Gasteiger partial charge in [-0.15, -0.1) is 0 Å². The topological polar surface area (TPSA) is 17.1 Å². The van der Waals surface area contributed by atoms with Gasteiger partial charge in [-0.05, 0) is 0 Å². The highest BCUT2D eigenvalue weighted by Crippen LogP contribution is 2.54. The van der Waals surface area contributed by atoms with Gasteiger partial charge in [-0.2, -0.15) is 39.5 Å². The largest absolute Gasteiger partial charge is 0.460 e. The second-order valence-corrected chi connectivity index (χ2v) is 2.80. The molecule has 1 radical (unpaired) electrons. The summed E-state index contributed by atoms with van der Waals surface area (Å²) in [5.74, 6) is -20.0. The normalized spacial score (nSPS) is 14.6. The van der Waals surface area contributed by atoms with E-state index in [9.17, 15) is 44.3 Å². The van der Waals surface area contributed by atoms with Crippen LogP contribution in [0.5, 0.6) is 0 Å². The molecule has 0 saturated heterocycles. The van der Waals surface area contributed by atoms with E-state index in [0.717, 1.165) is 0 Å². The fourth-order valence-corrected chi connectivity index (χ4v) is 0.629. The number of carbonyl (C=O) groups excluding carboxylic acids is 1. The van der Waals surface area contributed by atoms with Crippen LogP contribution in [0, 0.1) is 0 Å². The van der Waals surface area contributed by atoms with Crippen LogP contribution >= 0.6 is 0 Å². The highest BCUT2D eigenvalue weighted by molar-refractivity contribution is 5.76. The average Bonchev–Trinajstić information content (AvgIpc) is 2.13. The molecule has 0 aromatic heterocycles. The van der Waals surface area contributed by atoms with Crippen molar-refractivity contribution in [3.05, 3.63) is 12.2 Å². The van der Waals surface area contributed by atoms with Gasteiger partial charge in [-0.25, -0.2) is 0 Å². The first-order valence-electron chi connectivity index (χ1n) is 3.51. The van der Waals surface area contributed by atoms with Crippen LogP contribution < -0.4 is 0 Å². The molecule has 17 heavy (non-hydrogen) atoms. The van der Waals surface area contributed by atoms with E-state index in [-0.39, 0.29) is 6.29 Å². The molecule has 0 fully saturated rings. The van der Waals surface area contributed by atoms with Gasteiger partial charge in [0, 0.05) is 0 Å². The fourth-order valence-electron chi connectivity index (χ4n) is 0.629. The smallest absolute Gasteiger partial charge is 0.285 e. The minimum Gasteiger partial charge on any atom is -0.285 e. The Labute approximate surface area is 87.9 Å². The molecule has 10 heteroatoms. The van der Waals surface area contributed by atoms with Crippen LogP contribution in [0.3, 0.4) is 0 Å². The van der Waals surface area contributed by atoms with Crippen molar-refractivity contribution in [2.24, 2.45) is 0 Å². The molecule has 1 nitrogen and oxygen atoms in total. The van der Waals surface area contributed by atoms with Gasteiger partial charge in [0.15, 0.2) is 0 Å². The summed E-state index contributed by atoms with van der Waals surface area (Å²) in [6.45, 7) is 1.95. The summed E-state index contributed by atoms with van der Waals surface area (Å²) in [5, 5.41) is 0. The lowest BCUT2D eigenvalue weighted by Crippen LogP contribution is -2.61. The highest BCUT2D eigenvalue weighted by atomic mass is 19.4. The van der Waals surface area contributed by atoms with E-state index in [1.165, 1.54) is 0 Å². The quantitative estimate of drug-likeness (QED) is 0.568. The first kappa shape index (κ1) is 15.8. The maximum Gasteiger partial charge on any atom is 0.460 e. The molecule has 0 atom stereocenters. The molecule has 0 aromatic carbocycles. The molecule has 0 bridgehead atoms. The van der Waals surface area contributed by atoms with Crippen molar-refractivity contribution in [3.63, 3.8) is 0 Å². The summed E-state index contributed by atoms with van der Waals surface area (Å²) in [6.07, 6.45) is -6.85. The third kappa shape index (κ3) is 2.12. The summed E-state index contributed by atoms with van der Waals surface area (Å²) in [6, 6.07) is 0. The SMILES string of the molecule is C=C([C]=O)C(F)(F)C(F)(F)C(F)(F)C(F)(F)F. The van der Waals surface area contributed by atoms with E-state index in [1.54, 1.807) is 0 Å². The Morgan fingerprint density at radius 3 is 1.41 bits per heavy atom. The van der Waals surface area contributed by atoms with Gasteiger partial charge in [0.05, 0.1) is 5.57 Å². The first-order valence-corrected chi connectivity index (χ1v) is 3.51. The van der Waals surface area contributed by atoms with E-state index < -0.39 is 29.5 Å². The van der Waals surface area contributed by atoms with Gasteiger partial charge in [-0.3, -0.25) is 4.79 Å². The lowest BCUT2D eigenvalue weighted by Gasteiger charge is -2.33. The van der Waals surface area contributed by atoms with Gasteiger partial charge in [-0.1, -0.05) is 6.58 Å². The molecule has 0 rings (SSSR count). The predicted octanol–water partition coefficient (Wildman–Crippen LogP) is 3.12. The van der Waals surface area contributed by atoms with Crippen molar-refractivity contribution >= 4 is 6.29 Å². The summed E-state index contributed by atoms with van der Waals surface area (Å²) in [7, 11) is 0. The van der Waals surface area contributed by atoms with Gasteiger partial charge in [0.25, 0.3) is 0 Å². The molecule has 0 N–H and O–H groups in total. The Bertz CT molecular complexity index is 327. The van der Waals surface area contributed by atoms with Crippen molar-refractivity contribution in [1.29, 1.82) is 0 Å². The second kappa shape index (κ2) is 3.91. The van der Waals surface area contributed by atoms with Gasteiger partial charge >= 0.3 is 23.9 Å². The third-order valence-corrected chi connectivity index (χ3v) is 1.65. The minimum atomic E-state index is -7.02. The van der Waals surface area contributed by atoms with E-state index in [4.69, 9.17) is 0 Å². The highest BCUT2D eigenvalue weighted by Gasteiger charge is 2.82. The zero-order valence-electron chi connectivity index (χ0n) is 7.52. The Kier molecular flexibility index (Phi) is 3.63. The fraction of sp³-hybridized carbons (Fsp3) is 0.571. The molecule has 0 heterocycles. The van der Waals surface area contributed by atoms with Crippen LogP contribution in [0.4, 0.5) is 39.5 Å². The van der Waals surface area contributed by atoms with Gasteiger partial charge in [0.2, 0.25) is 6.29 Å². The van der Waals surface area contributed by atoms with Gasteiger partial charge in [0.1, 0.15) is 0 Å². The van der Waals surface area contributed by atoms with Crippen LogP contribution in [0.2, 0.25) is 0 Å². The van der Waals surface area contributed by atoms with Crippen molar-refractivity contribution in [1.82, 2.24) is 0 Å². The van der Waals surface area contributed by atoms with Crippen LogP contribution in [-0.4, -0.2) is 30.2 Å². The molecule has 0 aliphatic heterocycles. The Hall–Kier alpha value is -1.22. The number of halogens is 9. The van der Waals surface area contributed by atoms with Crippen LogP contribution in [0.25, 0.3) is 0 Å². The molecule has 99 valence electrons. The predicted molar refractivity (Wildman–Crippen MR) is 35.7 cm³/mol. The number of alkyl halides is 9. The molecule has 0 amide bonds. The number of rotatable bonds is 4. The van der Waals surface area contributed by atoms with E-state index in [1.807, 2.05) is 6.58 Å². The van der Waals surface area contributed by atoms with Crippen molar-refractivity contribution < 1.29 is 44.3 Å². The third-order valence-electron chi connectivity index (χ3n) is 1.65. The maximum absolute atomic E-state index is 12.5. The second-order valence-electron chi connectivity index (χ2n) is 2.80. The molecule has 0 aromatic rings. The van der Waals surface area contributed by atoms with E-state index >= 15 is 0 Å². The van der Waals surface area contributed by atoms with Crippen LogP contribution in [-0.2, 0) is 4.79 Å². The zero-order chi connectivity index (χ0) is 14.3. The lowest BCUT2D eigenvalue weighted by atomic mass is 9.98. The Morgan fingerprint density at radius 2 is 1.18 bits per heavy atom. The monoisotopic (exact) mass is 273 g/mol. The molecular formula is C7H2F9O. The summed E-state index contributed by atoms with van der Waals surface area (Å²) in [4.78, 5) is 9.61. The van der Waals surface area contributed by atoms with E-state index in [2.05, 4.69) is 0 Å². The Balaban J connectivity index is 5.71. The number of hydrogen-bond acceptors (Lipinski definition) is 1. The van der Waals surface area contributed by atoms with Crippen LogP contribution in [0.15, 0.2) is 12.2 Å². The molecular weight excluding hydrogens is 271 g/mol. The summed E-state index contributed by atoms with van der Waals surface area (Å²) in [5.41, 5.74) is -2.51. The average molecular weight is 273 g/mol. The van der Waals surface area contributed by atoms with Crippen LogP contribution in [0.1, 0.15) is 0 Å². The maximum atomic E-state index is 12.5.